The molecule has 274 valence electrons. The first-order valence-electron chi connectivity index (χ1n) is 17.5. The van der Waals surface area contributed by atoms with Crippen LogP contribution in [-0.4, -0.2) is 63.5 Å². The van der Waals surface area contributed by atoms with Crippen LogP contribution in [-0.2, 0) is 19.4 Å². The Balaban J connectivity index is 1.37. The van der Waals surface area contributed by atoms with E-state index in [2.05, 4.69) is 10.9 Å². The van der Waals surface area contributed by atoms with E-state index in [-0.39, 0.29) is 35.5 Å². The van der Waals surface area contributed by atoms with E-state index in [0.717, 1.165) is 11.1 Å². The third-order valence-electron chi connectivity index (χ3n) is 9.19. The summed E-state index contributed by atoms with van der Waals surface area (Å²) in [5, 5.41) is 9.13. The number of carbonyl (C=O) groups is 1. The summed E-state index contributed by atoms with van der Waals surface area (Å²) in [6.45, 7) is 0.719. The average molecular weight is 734 g/mol. The molecule has 3 N–H and O–H groups in total. The number of amides is 1. The van der Waals surface area contributed by atoms with E-state index in [0.29, 0.717) is 42.2 Å². The molecule has 10 nitrogen and oxygen atoms in total. The van der Waals surface area contributed by atoms with Crippen molar-refractivity contribution in [3.8, 4) is 11.5 Å². The fourth-order valence-corrected chi connectivity index (χ4v) is 7.74. The molecule has 1 aliphatic rings. The Morgan fingerprint density at radius 2 is 1.49 bits per heavy atom. The van der Waals surface area contributed by atoms with E-state index >= 15 is 0 Å². The minimum absolute atomic E-state index is 0.0204. The smallest absolute Gasteiger partial charge is 0.266 e. The predicted molar refractivity (Wildman–Crippen MR) is 204 cm³/mol. The SMILES string of the molecule is COc1cccc([C@@H]2OC(c3ccc(OCCCO)cc3)=N[C@]2(CCS(=O)(=O)c2ccccc2)C(=O)NNCC(c2ccccc2)c2ccccc2)c1. The molecular weight excluding hydrogens is 691 g/mol. The second kappa shape index (κ2) is 17.4. The van der Waals surface area contributed by atoms with Gasteiger partial charge >= 0.3 is 0 Å². The van der Waals surface area contributed by atoms with E-state index in [4.69, 9.17) is 24.3 Å². The fourth-order valence-electron chi connectivity index (χ4n) is 6.35. The molecule has 5 aromatic carbocycles. The van der Waals surface area contributed by atoms with Crippen LogP contribution >= 0.6 is 0 Å². The van der Waals surface area contributed by atoms with Gasteiger partial charge in [0.2, 0.25) is 5.90 Å². The summed E-state index contributed by atoms with van der Waals surface area (Å²) in [6.07, 6.45) is -0.707. The van der Waals surface area contributed by atoms with Crippen molar-refractivity contribution in [3.05, 3.63) is 162 Å². The molecule has 6 rings (SSSR count). The topological polar surface area (TPSA) is 136 Å². The number of nitrogens with one attached hydrogen (secondary N) is 2. The number of hydrogen-bond acceptors (Lipinski definition) is 9. The summed E-state index contributed by atoms with van der Waals surface area (Å²) in [6, 6.07) is 42.4. The first kappa shape index (κ1) is 37.3. The lowest BCUT2D eigenvalue weighted by molar-refractivity contribution is -0.130. The van der Waals surface area contributed by atoms with E-state index < -0.39 is 27.4 Å². The van der Waals surface area contributed by atoms with Gasteiger partial charge in [-0.1, -0.05) is 91.0 Å². The second-order valence-corrected chi connectivity index (χ2v) is 14.8. The Labute approximate surface area is 310 Å². The van der Waals surface area contributed by atoms with Crippen LogP contribution in [0.3, 0.4) is 0 Å². The van der Waals surface area contributed by atoms with Crippen LogP contribution in [0.25, 0.3) is 0 Å². The lowest BCUT2D eigenvalue weighted by Gasteiger charge is -2.31. The third kappa shape index (κ3) is 8.94. The molecule has 2 atom stereocenters. The molecule has 0 saturated carbocycles. The van der Waals surface area contributed by atoms with Gasteiger partial charge in [0, 0.05) is 37.5 Å². The lowest BCUT2D eigenvalue weighted by atomic mass is 9.85. The summed E-state index contributed by atoms with van der Waals surface area (Å²) in [5.74, 6) is 0.295. The van der Waals surface area contributed by atoms with Crippen LogP contribution in [0.1, 0.15) is 47.1 Å². The van der Waals surface area contributed by atoms with Crippen molar-refractivity contribution in [1.29, 1.82) is 0 Å². The maximum atomic E-state index is 14.8. The summed E-state index contributed by atoms with van der Waals surface area (Å²) in [5.41, 5.74) is 7.64. The number of rotatable bonds is 17. The van der Waals surface area contributed by atoms with Crippen LogP contribution in [0.15, 0.2) is 149 Å². The highest BCUT2D eigenvalue weighted by Crippen LogP contribution is 2.44. The van der Waals surface area contributed by atoms with Crippen molar-refractivity contribution < 1.29 is 32.5 Å². The van der Waals surface area contributed by atoms with Gasteiger partial charge in [0.1, 0.15) is 11.5 Å². The minimum Gasteiger partial charge on any atom is -0.497 e. The first-order valence-corrected chi connectivity index (χ1v) is 19.1. The third-order valence-corrected chi connectivity index (χ3v) is 10.9. The Morgan fingerprint density at radius 3 is 2.11 bits per heavy atom. The fraction of sp³-hybridized carbons (Fsp3) is 0.238. The molecule has 0 radical (unpaired) electrons. The Bertz CT molecular complexity index is 2040. The average Bonchev–Trinajstić information content (AvgIpc) is 3.61. The van der Waals surface area contributed by atoms with Gasteiger partial charge in [-0.15, -0.1) is 0 Å². The molecule has 0 aromatic heterocycles. The highest BCUT2D eigenvalue weighted by molar-refractivity contribution is 7.91. The van der Waals surface area contributed by atoms with Crippen molar-refractivity contribution >= 4 is 21.6 Å². The summed E-state index contributed by atoms with van der Waals surface area (Å²) in [7, 11) is -2.28. The predicted octanol–water partition coefficient (Wildman–Crippen LogP) is 6.03. The van der Waals surface area contributed by atoms with Gasteiger partial charge < -0.3 is 19.3 Å². The molecule has 0 fully saturated rings. The van der Waals surface area contributed by atoms with Crippen molar-refractivity contribution in [3.63, 3.8) is 0 Å². The zero-order valence-electron chi connectivity index (χ0n) is 29.4. The standard InChI is InChI=1S/C42H43N3O7S/c1-50-36-18-11-17-34(29-36)39-42(25-28-53(48,49)37-19-9-4-10-20-37,44-40(52-39)33-21-23-35(24-22-33)51-27-12-26-46)41(47)45-43-30-38(31-13-5-2-6-14-31)32-15-7-3-8-16-32/h2-11,13-24,29,38-39,43,46H,12,25-28,30H2,1H3,(H,45,47)/t39-,42-/m0/s1. The van der Waals surface area contributed by atoms with Crippen LogP contribution in [0, 0.1) is 0 Å². The number of ether oxygens (including phenoxy) is 3. The molecule has 0 unspecified atom stereocenters. The van der Waals surface area contributed by atoms with Gasteiger partial charge in [0.15, 0.2) is 21.5 Å². The Morgan fingerprint density at radius 1 is 0.849 bits per heavy atom. The van der Waals surface area contributed by atoms with Crippen LogP contribution in [0.2, 0.25) is 0 Å². The number of aliphatic hydroxyl groups is 1. The summed E-state index contributed by atoms with van der Waals surface area (Å²) in [4.78, 5) is 19.9. The van der Waals surface area contributed by atoms with E-state index in [1.807, 2.05) is 66.7 Å². The van der Waals surface area contributed by atoms with Crippen molar-refractivity contribution in [2.45, 2.75) is 35.3 Å². The molecule has 0 spiro atoms. The quantitative estimate of drug-likeness (QED) is 0.0780. The first-order chi connectivity index (χ1) is 25.8. The van der Waals surface area contributed by atoms with Gasteiger partial charge in [-0.3, -0.25) is 10.2 Å². The zero-order valence-corrected chi connectivity index (χ0v) is 30.2. The minimum atomic E-state index is -3.83. The zero-order chi connectivity index (χ0) is 37.1. The highest BCUT2D eigenvalue weighted by atomic mass is 32.2. The summed E-state index contributed by atoms with van der Waals surface area (Å²) >= 11 is 0. The van der Waals surface area contributed by atoms with Crippen molar-refractivity contribution in [2.24, 2.45) is 4.99 Å². The second-order valence-electron chi connectivity index (χ2n) is 12.7. The van der Waals surface area contributed by atoms with Crippen LogP contribution in [0.5, 0.6) is 11.5 Å². The van der Waals surface area contributed by atoms with E-state index in [1.54, 1.807) is 79.9 Å². The molecule has 11 heteroatoms. The number of aliphatic imine (C=N–C) groups is 1. The van der Waals surface area contributed by atoms with Crippen LogP contribution in [0.4, 0.5) is 0 Å². The van der Waals surface area contributed by atoms with Gasteiger partial charge in [0.25, 0.3) is 5.91 Å². The monoisotopic (exact) mass is 733 g/mol. The van der Waals surface area contributed by atoms with Crippen molar-refractivity contribution in [1.82, 2.24) is 10.9 Å². The Kier molecular flexibility index (Phi) is 12.2. The molecule has 53 heavy (non-hydrogen) atoms. The molecule has 1 heterocycles. The molecule has 0 saturated heterocycles. The maximum absolute atomic E-state index is 14.8. The van der Waals surface area contributed by atoms with Crippen LogP contribution < -0.4 is 20.3 Å². The molecule has 0 bridgehead atoms. The number of nitrogens with zero attached hydrogens (tertiary/aromatic N) is 1. The maximum Gasteiger partial charge on any atom is 0.266 e. The molecule has 0 aliphatic carbocycles. The van der Waals surface area contributed by atoms with Crippen molar-refractivity contribution in [2.75, 3.05) is 32.6 Å². The van der Waals surface area contributed by atoms with Gasteiger partial charge in [0.05, 0.1) is 24.4 Å². The van der Waals surface area contributed by atoms with Gasteiger partial charge in [-0.2, -0.15) is 0 Å². The number of hydrogen-bond donors (Lipinski definition) is 3. The number of hydrazine groups is 1. The van der Waals surface area contributed by atoms with E-state index in [1.165, 1.54) is 0 Å². The summed E-state index contributed by atoms with van der Waals surface area (Å²) < 4.78 is 45.3. The van der Waals surface area contributed by atoms with E-state index in [9.17, 15) is 13.2 Å². The largest absolute Gasteiger partial charge is 0.497 e. The van der Waals surface area contributed by atoms with Gasteiger partial charge in [-0.25, -0.2) is 18.8 Å². The van der Waals surface area contributed by atoms with Gasteiger partial charge in [-0.05, 0) is 65.2 Å². The number of sulfone groups is 1. The molecule has 1 aliphatic heterocycles. The number of aliphatic hydroxyl groups excluding tert-OH is 1. The lowest BCUT2D eigenvalue weighted by Crippen LogP contribution is -2.54. The molecular formula is C42H43N3O7S. The number of methoxy groups -OCH3 is 1. The molecule has 1 amide bonds. The number of carbonyl (C=O) groups excluding carboxylic acids is 1. The Hall–Kier alpha value is -5.49. The number of benzene rings is 5. The normalized spacial score (nSPS) is 16.8. The highest BCUT2D eigenvalue weighted by Gasteiger charge is 2.54. The molecule has 5 aromatic rings.